The number of aromatic nitrogens is 3. The topological polar surface area (TPSA) is 75.3 Å². The number of carbonyl (C=O) groups is 1. The molecule has 0 atom stereocenters. The number of rotatable bonds is 7. The lowest BCUT2D eigenvalue weighted by atomic mass is 10.3. The SMILES string of the molecule is CCOC(=O)CSc1nc2c(sc(=S)n2-c2cccc(OC)c2)c(=O)n1-c1ccc(F)cc1. The summed E-state index contributed by atoms with van der Waals surface area (Å²) in [7, 11) is 1.56. The van der Waals surface area contributed by atoms with E-state index in [0.717, 1.165) is 23.1 Å². The summed E-state index contributed by atoms with van der Waals surface area (Å²) in [5.41, 5.74) is 1.12. The van der Waals surface area contributed by atoms with Gasteiger partial charge in [-0.15, -0.1) is 0 Å². The van der Waals surface area contributed by atoms with Gasteiger partial charge >= 0.3 is 5.97 Å². The third kappa shape index (κ3) is 4.70. The van der Waals surface area contributed by atoms with Crippen molar-refractivity contribution in [2.75, 3.05) is 19.5 Å². The molecule has 2 aromatic carbocycles. The quantitative estimate of drug-likeness (QED) is 0.156. The molecule has 11 heteroatoms. The summed E-state index contributed by atoms with van der Waals surface area (Å²) in [4.78, 5) is 30.2. The van der Waals surface area contributed by atoms with Crippen LogP contribution in [0.2, 0.25) is 0 Å². The number of carbonyl (C=O) groups excluding carboxylic acids is 1. The van der Waals surface area contributed by atoms with Gasteiger partial charge < -0.3 is 9.47 Å². The molecule has 33 heavy (non-hydrogen) atoms. The molecule has 4 rings (SSSR count). The Balaban J connectivity index is 1.95. The summed E-state index contributed by atoms with van der Waals surface area (Å²) in [5, 5.41) is 0.261. The lowest BCUT2D eigenvalue weighted by Gasteiger charge is -2.13. The maximum Gasteiger partial charge on any atom is 0.316 e. The molecule has 4 aromatic rings. The first kappa shape index (κ1) is 23.1. The number of halogens is 1. The van der Waals surface area contributed by atoms with Crippen molar-refractivity contribution < 1.29 is 18.7 Å². The summed E-state index contributed by atoms with van der Waals surface area (Å²) in [5.74, 6) is -0.277. The normalized spacial score (nSPS) is 11.0. The van der Waals surface area contributed by atoms with Crippen molar-refractivity contribution in [2.24, 2.45) is 0 Å². The molecular formula is C22H18FN3O4S3. The van der Waals surface area contributed by atoms with E-state index >= 15 is 0 Å². The zero-order valence-corrected chi connectivity index (χ0v) is 20.1. The first-order chi connectivity index (χ1) is 15.9. The molecular weight excluding hydrogens is 485 g/mol. The van der Waals surface area contributed by atoms with Crippen LogP contribution in [0.4, 0.5) is 4.39 Å². The number of methoxy groups -OCH3 is 1. The number of benzene rings is 2. The monoisotopic (exact) mass is 503 g/mol. The Hall–Kier alpha value is -3.02. The molecule has 0 N–H and O–H groups in total. The number of esters is 1. The molecule has 2 heterocycles. The summed E-state index contributed by atoms with van der Waals surface area (Å²) in [6, 6.07) is 12.7. The van der Waals surface area contributed by atoms with Gasteiger partial charge in [0.15, 0.2) is 14.8 Å². The van der Waals surface area contributed by atoms with Crippen LogP contribution < -0.4 is 10.3 Å². The fraction of sp³-hybridized carbons (Fsp3) is 0.182. The average molecular weight is 504 g/mol. The van der Waals surface area contributed by atoms with Crippen molar-refractivity contribution in [1.82, 2.24) is 14.1 Å². The zero-order chi connectivity index (χ0) is 23.5. The first-order valence-corrected chi connectivity index (χ1v) is 12.0. The Kier molecular flexibility index (Phi) is 6.91. The van der Waals surface area contributed by atoms with Crippen LogP contribution in [-0.4, -0.2) is 39.6 Å². The van der Waals surface area contributed by atoms with E-state index in [-0.39, 0.29) is 23.1 Å². The van der Waals surface area contributed by atoms with E-state index in [1.165, 1.54) is 28.8 Å². The Morgan fingerprint density at radius 1 is 1.18 bits per heavy atom. The predicted molar refractivity (Wildman–Crippen MR) is 129 cm³/mol. The molecule has 170 valence electrons. The molecule has 0 saturated carbocycles. The molecule has 0 aliphatic rings. The van der Waals surface area contributed by atoms with E-state index < -0.39 is 11.8 Å². The van der Waals surface area contributed by atoms with Gasteiger partial charge in [-0.25, -0.2) is 9.37 Å². The number of hydrogen-bond donors (Lipinski definition) is 0. The van der Waals surface area contributed by atoms with Crippen molar-refractivity contribution in [2.45, 2.75) is 12.1 Å². The van der Waals surface area contributed by atoms with Crippen molar-refractivity contribution in [3.63, 3.8) is 0 Å². The van der Waals surface area contributed by atoms with Crippen molar-refractivity contribution in [3.05, 3.63) is 68.7 Å². The third-order valence-electron chi connectivity index (χ3n) is 4.60. The standard InChI is InChI=1S/C22H18FN3O4S3/c1-3-30-17(27)12-32-21-24-19-18(20(28)26(21)14-9-7-13(23)8-10-14)33-22(31)25(19)15-5-4-6-16(11-15)29-2/h4-11H,3,12H2,1-2H3. The number of fused-ring (bicyclic) bond motifs is 1. The van der Waals surface area contributed by atoms with Crippen LogP contribution in [0.3, 0.4) is 0 Å². The molecule has 0 saturated heterocycles. The molecule has 2 aromatic heterocycles. The minimum Gasteiger partial charge on any atom is -0.497 e. The largest absolute Gasteiger partial charge is 0.497 e. The minimum atomic E-state index is -0.433. The lowest BCUT2D eigenvalue weighted by Crippen LogP contribution is -2.22. The molecule has 0 fully saturated rings. The second-order valence-electron chi connectivity index (χ2n) is 6.66. The van der Waals surface area contributed by atoms with Gasteiger partial charge in [-0.3, -0.25) is 18.7 Å². The first-order valence-electron chi connectivity index (χ1n) is 9.80. The minimum absolute atomic E-state index is 0.0446. The summed E-state index contributed by atoms with van der Waals surface area (Å²) in [6.07, 6.45) is 0. The van der Waals surface area contributed by atoms with Crippen molar-refractivity contribution >= 4 is 51.6 Å². The van der Waals surface area contributed by atoms with Gasteiger partial charge in [0.2, 0.25) is 0 Å². The second kappa shape index (κ2) is 9.86. The van der Waals surface area contributed by atoms with Gasteiger partial charge in [0.1, 0.15) is 16.3 Å². The smallest absolute Gasteiger partial charge is 0.316 e. The Morgan fingerprint density at radius 2 is 1.94 bits per heavy atom. The second-order valence-corrected chi connectivity index (χ2v) is 9.25. The van der Waals surface area contributed by atoms with Crippen LogP contribution in [0.5, 0.6) is 5.75 Å². The van der Waals surface area contributed by atoms with Crippen LogP contribution in [-0.2, 0) is 9.53 Å². The van der Waals surface area contributed by atoms with Crippen LogP contribution in [0.1, 0.15) is 6.92 Å². The predicted octanol–water partition coefficient (Wildman–Crippen LogP) is 4.77. The summed E-state index contributed by atoms with van der Waals surface area (Å²) < 4.78 is 27.6. The summed E-state index contributed by atoms with van der Waals surface area (Å²) in [6.45, 7) is 1.96. The highest BCUT2D eigenvalue weighted by Gasteiger charge is 2.20. The fourth-order valence-electron chi connectivity index (χ4n) is 3.15. The maximum absolute atomic E-state index is 13.6. The third-order valence-corrected chi connectivity index (χ3v) is 6.86. The molecule has 0 aliphatic heterocycles. The molecule has 0 bridgehead atoms. The molecule has 0 unspecified atom stereocenters. The fourth-order valence-corrected chi connectivity index (χ4v) is 5.26. The number of hydrogen-bond acceptors (Lipinski definition) is 8. The van der Waals surface area contributed by atoms with Crippen molar-refractivity contribution in [3.8, 4) is 17.1 Å². The number of thioether (sulfide) groups is 1. The van der Waals surface area contributed by atoms with E-state index in [0.29, 0.717) is 31.4 Å². The van der Waals surface area contributed by atoms with Crippen molar-refractivity contribution in [1.29, 1.82) is 0 Å². The van der Waals surface area contributed by atoms with E-state index in [9.17, 15) is 14.0 Å². The molecule has 0 amide bonds. The van der Waals surface area contributed by atoms with Gasteiger partial charge in [-0.1, -0.05) is 29.2 Å². The summed E-state index contributed by atoms with van der Waals surface area (Å²) >= 11 is 7.75. The average Bonchev–Trinajstić information content (AvgIpc) is 3.15. The van der Waals surface area contributed by atoms with Gasteiger partial charge in [0.05, 0.1) is 30.8 Å². The van der Waals surface area contributed by atoms with Gasteiger partial charge in [-0.2, -0.15) is 0 Å². The van der Waals surface area contributed by atoms with Crippen LogP contribution in [0.25, 0.3) is 21.7 Å². The Morgan fingerprint density at radius 3 is 2.64 bits per heavy atom. The maximum atomic E-state index is 13.6. The molecule has 7 nitrogen and oxygen atoms in total. The molecule has 0 aliphatic carbocycles. The highest BCUT2D eigenvalue weighted by atomic mass is 32.2. The van der Waals surface area contributed by atoms with E-state index in [4.69, 9.17) is 26.7 Å². The lowest BCUT2D eigenvalue weighted by molar-refractivity contribution is -0.139. The Bertz CT molecular complexity index is 1440. The van der Waals surface area contributed by atoms with Crippen LogP contribution in [0, 0.1) is 9.77 Å². The highest BCUT2D eigenvalue weighted by molar-refractivity contribution is 7.99. The van der Waals surface area contributed by atoms with Gasteiger partial charge in [-0.05, 0) is 55.5 Å². The number of ether oxygens (including phenoxy) is 2. The van der Waals surface area contributed by atoms with Crippen LogP contribution >= 0.6 is 35.3 Å². The van der Waals surface area contributed by atoms with E-state index in [1.54, 1.807) is 30.7 Å². The number of thiazole rings is 1. The Labute approximate surface area is 201 Å². The van der Waals surface area contributed by atoms with E-state index in [2.05, 4.69) is 0 Å². The van der Waals surface area contributed by atoms with Gasteiger partial charge in [0.25, 0.3) is 5.56 Å². The van der Waals surface area contributed by atoms with Gasteiger partial charge in [0, 0.05) is 6.07 Å². The highest BCUT2D eigenvalue weighted by Crippen LogP contribution is 2.28. The zero-order valence-electron chi connectivity index (χ0n) is 17.6. The van der Waals surface area contributed by atoms with Crippen LogP contribution in [0.15, 0.2) is 58.5 Å². The number of nitrogens with zero attached hydrogens (tertiary/aromatic N) is 3. The van der Waals surface area contributed by atoms with E-state index in [1.807, 2.05) is 12.1 Å². The molecule has 0 spiro atoms. The molecule has 0 radical (unpaired) electrons.